The van der Waals surface area contributed by atoms with E-state index in [1.54, 1.807) is 6.92 Å². The highest BCUT2D eigenvalue weighted by molar-refractivity contribution is 5.94. The third-order valence-corrected chi connectivity index (χ3v) is 3.27. The van der Waals surface area contributed by atoms with E-state index < -0.39 is 11.6 Å². The minimum atomic E-state index is -0.965. The van der Waals surface area contributed by atoms with Gasteiger partial charge in [0.1, 0.15) is 0 Å². The lowest BCUT2D eigenvalue weighted by Gasteiger charge is -2.31. The van der Waals surface area contributed by atoms with Gasteiger partial charge < -0.3 is 10.6 Å². The first-order valence-corrected chi connectivity index (χ1v) is 6.28. The molecule has 8 heteroatoms. The van der Waals surface area contributed by atoms with Crippen LogP contribution in [0.2, 0.25) is 0 Å². The molecule has 0 bridgehead atoms. The Hall–Kier alpha value is -0.950. The van der Waals surface area contributed by atoms with E-state index in [2.05, 4.69) is 10.6 Å². The van der Waals surface area contributed by atoms with Gasteiger partial charge in [-0.25, -0.2) is 8.78 Å². The number of rotatable bonds is 3. The zero-order chi connectivity index (χ0) is 13.8. The van der Waals surface area contributed by atoms with Crippen LogP contribution in [0.4, 0.5) is 14.5 Å². The molecule has 1 saturated heterocycles. The predicted molar refractivity (Wildman–Crippen MR) is 83.4 cm³/mol. The molecular formula is C13H19Cl2F2N3O. The lowest BCUT2D eigenvalue weighted by molar-refractivity contribution is -0.120. The molecule has 0 radical (unpaired) electrons. The lowest BCUT2D eigenvalue weighted by atomic mass is 10.2. The van der Waals surface area contributed by atoms with Gasteiger partial charge in [0.25, 0.3) is 0 Å². The van der Waals surface area contributed by atoms with Crippen molar-refractivity contribution >= 4 is 36.4 Å². The van der Waals surface area contributed by atoms with Gasteiger partial charge in [-0.15, -0.1) is 24.8 Å². The minimum absolute atomic E-state index is 0. The molecule has 1 atom stereocenters. The van der Waals surface area contributed by atoms with Crippen LogP contribution in [0.3, 0.4) is 0 Å². The first-order chi connectivity index (χ1) is 9.08. The zero-order valence-electron chi connectivity index (χ0n) is 11.6. The highest BCUT2D eigenvalue weighted by Crippen LogP contribution is 2.14. The summed E-state index contributed by atoms with van der Waals surface area (Å²) in [5.41, 5.74) is 0.269. The second-order valence-electron chi connectivity index (χ2n) is 4.58. The quantitative estimate of drug-likeness (QED) is 0.884. The molecule has 2 N–H and O–H groups in total. The molecular weight excluding hydrogens is 323 g/mol. The van der Waals surface area contributed by atoms with Crippen molar-refractivity contribution < 1.29 is 13.6 Å². The van der Waals surface area contributed by atoms with Crippen molar-refractivity contribution in [2.75, 3.05) is 31.5 Å². The minimum Gasteiger partial charge on any atom is -0.325 e. The average Bonchev–Trinajstić information content (AvgIpc) is 2.43. The van der Waals surface area contributed by atoms with Crippen molar-refractivity contribution in [2.45, 2.75) is 13.0 Å². The van der Waals surface area contributed by atoms with Crippen molar-refractivity contribution in [3.8, 4) is 0 Å². The Labute approximate surface area is 135 Å². The van der Waals surface area contributed by atoms with Crippen molar-refractivity contribution in [1.82, 2.24) is 10.2 Å². The van der Waals surface area contributed by atoms with E-state index in [-0.39, 0.29) is 42.5 Å². The van der Waals surface area contributed by atoms with E-state index in [9.17, 15) is 13.6 Å². The fourth-order valence-corrected chi connectivity index (χ4v) is 2.06. The Kier molecular flexibility index (Phi) is 8.73. The van der Waals surface area contributed by atoms with E-state index in [4.69, 9.17) is 0 Å². The van der Waals surface area contributed by atoms with E-state index in [0.29, 0.717) is 0 Å². The molecule has 1 amide bonds. The van der Waals surface area contributed by atoms with Crippen LogP contribution in [0, 0.1) is 11.6 Å². The first-order valence-electron chi connectivity index (χ1n) is 6.28. The van der Waals surface area contributed by atoms with Gasteiger partial charge in [-0.05, 0) is 19.1 Å². The maximum Gasteiger partial charge on any atom is 0.241 e. The Bertz CT molecular complexity index is 471. The Morgan fingerprint density at radius 3 is 2.43 bits per heavy atom. The average molecular weight is 342 g/mol. The van der Waals surface area contributed by atoms with Gasteiger partial charge >= 0.3 is 0 Å². The number of benzene rings is 1. The number of carbonyl (C=O) groups excluding carboxylic acids is 1. The third kappa shape index (κ3) is 5.39. The topological polar surface area (TPSA) is 44.4 Å². The molecule has 1 fully saturated rings. The molecule has 1 aliphatic rings. The fourth-order valence-electron chi connectivity index (χ4n) is 2.06. The summed E-state index contributed by atoms with van der Waals surface area (Å²) in [5, 5.41) is 5.81. The summed E-state index contributed by atoms with van der Waals surface area (Å²) in [4.78, 5) is 14.1. The maximum absolute atomic E-state index is 13.0. The highest BCUT2D eigenvalue weighted by atomic mass is 35.5. The number of halogens is 4. The van der Waals surface area contributed by atoms with Gasteiger partial charge in [0, 0.05) is 37.9 Å². The van der Waals surface area contributed by atoms with Crippen LogP contribution in [0.15, 0.2) is 18.2 Å². The first kappa shape index (κ1) is 20.1. The second-order valence-corrected chi connectivity index (χ2v) is 4.58. The van der Waals surface area contributed by atoms with Gasteiger partial charge in [-0.1, -0.05) is 0 Å². The summed E-state index contributed by atoms with van der Waals surface area (Å²) in [6.45, 7) is 5.10. The number of hydrogen-bond donors (Lipinski definition) is 2. The molecule has 21 heavy (non-hydrogen) atoms. The maximum atomic E-state index is 13.0. The van der Waals surface area contributed by atoms with Crippen LogP contribution in [-0.4, -0.2) is 43.0 Å². The molecule has 1 aliphatic heterocycles. The SMILES string of the molecule is CC(C(=O)Nc1ccc(F)c(F)c1)N1CCNCC1.Cl.Cl. The molecule has 0 aliphatic carbocycles. The summed E-state index contributed by atoms with van der Waals surface area (Å²) in [6, 6.07) is 3.04. The van der Waals surface area contributed by atoms with Crippen LogP contribution in [0.5, 0.6) is 0 Å². The number of amides is 1. The number of hydrogen-bond acceptors (Lipinski definition) is 3. The Morgan fingerprint density at radius 2 is 1.86 bits per heavy atom. The van der Waals surface area contributed by atoms with Crippen LogP contribution < -0.4 is 10.6 Å². The smallest absolute Gasteiger partial charge is 0.241 e. The Morgan fingerprint density at radius 1 is 1.24 bits per heavy atom. The van der Waals surface area contributed by atoms with Crippen LogP contribution in [-0.2, 0) is 4.79 Å². The number of piperazine rings is 1. The molecule has 2 rings (SSSR count). The van der Waals surface area contributed by atoms with Crippen molar-refractivity contribution in [1.29, 1.82) is 0 Å². The largest absolute Gasteiger partial charge is 0.325 e. The van der Waals surface area contributed by atoms with Crippen molar-refractivity contribution in [3.63, 3.8) is 0 Å². The number of carbonyl (C=O) groups is 1. The van der Waals surface area contributed by atoms with Crippen LogP contribution >= 0.6 is 24.8 Å². The highest BCUT2D eigenvalue weighted by Gasteiger charge is 2.22. The summed E-state index contributed by atoms with van der Waals surface area (Å²) in [5.74, 6) is -2.10. The molecule has 1 heterocycles. The van der Waals surface area contributed by atoms with Crippen LogP contribution in [0.25, 0.3) is 0 Å². The monoisotopic (exact) mass is 341 g/mol. The van der Waals surface area contributed by atoms with Gasteiger partial charge in [-0.2, -0.15) is 0 Å². The molecule has 1 aromatic rings. The predicted octanol–water partition coefficient (Wildman–Crippen LogP) is 2.04. The normalized spacial score (nSPS) is 16.3. The summed E-state index contributed by atoms with van der Waals surface area (Å²) in [6.07, 6.45) is 0. The van der Waals surface area contributed by atoms with Crippen LogP contribution in [0.1, 0.15) is 6.92 Å². The number of nitrogens with one attached hydrogen (secondary N) is 2. The Balaban J connectivity index is 0.00000200. The van der Waals surface area contributed by atoms with Gasteiger partial charge in [0.15, 0.2) is 11.6 Å². The summed E-state index contributed by atoms with van der Waals surface area (Å²) >= 11 is 0. The lowest BCUT2D eigenvalue weighted by Crippen LogP contribution is -2.51. The molecule has 0 spiro atoms. The zero-order valence-corrected chi connectivity index (χ0v) is 13.2. The van der Waals surface area contributed by atoms with Gasteiger partial charge in [-0.3, -0.25) is 9.69 Å². The molecule has 1 unspecified atom stereocenters. The molecule has 0 aromatic heterocycles. The summed E-state index contributed by atoms with van der Waals surface area (Å²) < 4.78 is 25.8. The van der Waals surface area contributed by atoms with E-state index >= 15 is 0 Å². The van der Waals surface area contributed by atoms with Gasteiger partial charge in [0.2, 0.25) is 5.91 Å². The molecule has 120 valence electrons. The summed E-state index contributed by atoms with van der Waals surface area (Å²) in [7, 11) is 0. The fraction of sp³-hybridized carbons (Fsp3) is 0.462. The third-order valence-electron chi connectivity index (χ3n) is 3.27. The van der Waals surface area contributed by atoms with Crippen molar-refractivity contribution in [2.24, 2.45) is 0 Å². The molecule has 4 nitrogen and oxygen atoms in total. The van der Waals surface area contributed by atoms with E-state index in [1.807, 2.05) is 4.90 Å². The second kappa shape index (κ2) is 9.15. The molecule has 0 saturated carbocycles. The molecule has 1 aromatic carbocycles. The number of anilines is 1. The van der Waals surface area contributed by atoms with E-state index in [1.165, 1.54) is 6.07 Å². The van der Waals surface area contributed by atoms with Crippen molar-refractivity contribution in [3.05, 3.63) is 29.8 Å². The van der Waals surface area contributed by atoms with Gasteiger partial charge in [0.05, 0.1) is 6.04 Å². The van der Waals surface area contributed by atoms with E-state index in [0.717, 1.165) is 38.3 Å². The standard InChI is InChI=1S/C13H17F2N3O.2ClH/c1-9(18-6-4-16-5-7-18)13(19)17-10-2-3-11(14)12(15)8-10;;/h2-3,8-9,16H,4-7H2,1H3,(H,17,19);2*1H. The number of nitrogens with zero attached hydrogens (tertiary/aromatic N) is 1.